The lowest BCUT2D eigenvalue weighted by Crippen LogP contribution is -2.27. The van der Waals surface area contributed by atoms with E-state index in [0.717, 1.165) is 0 Å². The summed E-state index contributed by atoms with van der Waals surface area (Å²) in [4.78, 5) is 0. The van der Waals surface area contributed by atoms with Crippen LogP contribution in [0.15, 0.2) is 30.5 Å². The van der Waals surface area contributed by atoms with Gasteiger partial charge < -0.3 is 9.84 Å². The molecule has 0 aliphatic heterocycles. The van der Waals surface area contributed by atoms with Crippen LogP contribution in [0.2, 0.25) is 0 Å². The Balaban J connectivity index is 2.38. The first kappa shape index (κ1) is 13.5. The Bertz CT molecular complexity index is 579. The molecule has 4 nitrogen and oxygen atoms in total. The molecular formula is C14H17FN2O2. The van der Waals surface area contributed by atoms with Gasteiger partial charge >= 0.3 is 0 Å². The molecule has 2 rings (SSSR count). The van der Waals surface area contributed by atoms with Gasteiger partial charge in [0.05, 0.1) is 24.0 Å². The second-order valence-corrected chi connectivity index (χ2v) is 4.75. The molecule has 0 spiro atoms. The number of aromatic nitrogens is 2. The maximum absolute atomic E-state index is 14.0. The van der Waals surface area contributed by atoms with Crippen molar-refractivity contribution in [3.63, 3.8) is 0 Å². The molecule has 102 valence electrons. The molecule has 0 radical (unpaired) electrons. The summed E-state index contributed by atoms with van der Waals surface area (Å²) < 4.78 is 20.7. The predicted molar refractivity (Wildman–Crippen MR) is 69.4 cm³/mol. The van der Waals surface area contributed by atoms with Crippen LogP contribution in [0.25, 0.3) is 0 Å². The average Bonchev–Trinajstić information content (AvgIpc) is 2.73. The van der Waals surface area contributed by atoms with E-state index < -0.39 is 11.4 Å². The van der Waals surface area contributed by atoms with Gasteiger partial charge in [-0.2, -0.15) is 5.10 Å². The van der Waals surface area contributed by atoms with E-state index in [1.54, 1.807) is 43.0 Å². The zero-order valence-corrected chi connectivity index (χ0v) is 11.2. The SMILES string of the molecule is COc1cccc(F)c1C(C)(O)Cc1ccn(C)n1. The van der Waals surface area contributed by atoms with Crippen molar-refractivity contribution in [2.45, 2.75) is 18.9 Å². The molecule has 1 atom stereocenters. The summed E-state index contributed by atoms with van der Waals surface area (Å²) in [7, 11) is 3.25. The fourth-order valence-corrected chi connectivity index (χ4v) is 2.20. The Morgan fingerprint density at radius 1 is 1.42 bits per heavy atom. The minimum Gasteiger partial charge on any atom is -0.496 e. The highest BCUT2D eigenvalue weighted by molar-refractivity contribution is 5.39. The number of rotatable bonds is 4. The second kappa shape index (κ2) is 5.01. The lowest BCUT2D eigenvalue weighted by atomic mass is 9.90. The molecule has 0 amide bonds. The molecular weight excluding hydrogens is 247 g/mol. The first-order valence-corrected chi connectivity index (χ1v) is 5.98. The van der Waals surface area contributed by atoms with Crippen molar-refractivity contribution in [1.29, 1.82) is 0 Å². The van der Waals surface area contributed by atoms with E-state index >= 15 is 0 Å². The summed E-state index contributed by atoms with van der Waals surface area (Å²) in [6.45, 7) is 1.56. The lowest BCUT2D eigenvalue weighted by Gasteiger charge is -2.25. The molecule has 1 aromatic heterocycles. The van der Waals surface area contributed by atoms with Gasteiger partial charge in [-0.3, -0.25) is 4.68 Å². The second-order valence-electron chi connectivity index (χ2n) is 4.75. The van der Waals surface area contributed by atoms with E-state index in [9.17, 15) is 9.50 Å². The van der Waals surface area contributed by atoms with Gasteiger partial charge in [-0.1, -0.05) is 6.07 Å². The van der Waals surface area contributed by atoms with Crippen molar-refractivity contribution in [3.8, 4) is 5.75 Å². The number of aliphatic hydroxyl groups is 1. The van der Waals surface area contributed by atoms with Crippen LogP contribution in [0, 0.1) is 5.82 Å². The third kappa shape index (κ3) is 2.76. The number of nitrogens with zero attached hydrogens (tertiary/aromatic N) is 2. The predicted octanol–water partition coefficient (Wildman–Crippen LogP) is 2.02. The molecule has 0 saturated carbocycles. The molecule has 1 N–H and O–H groups in total. The molecule has 0 aliphatic rings. The molecule has 1 aromatic carbocycles. The van der Waals surface area contributed by atoms with Gasteiger partial charge in [-0.15, -0.1) is 0 Å². The smallest absolute Gasteiger partial charge is 0.133 e. The molecule has 19 heavy (non-hydrogen) atoms. The van der Waals surface area contributed by atoms with Crippen LogP contribution >= 0.6 is 0 Å². The highest BCUT2D eigenvalue weighted by Gasteiger charge is 2.31. The van der Waals surface area contributed by atoms with Gasteiger partial charge in [0.2, 0.25) is 0 Å². The summed E-state index contributed by atoms with van der Waals surface area (Å²) in [5.41, 5.74) is -0.536. The van der Waals surface area contributed by atoms with Crippen LogP contribution in [-0.4, -0.2) is 22.0 Å². The minimum absolute atomic E-state index is 0.156. The number of hydrogen-bond acceptors (Lipinski definition) is 3. The Hall–Kier alpha value is -1.88. The third-order valence-corrected chi connectivity index (χ3v) is 3.03. The highest BCUT2D eigenvalue weighted by Crippen LogP contribution is 2.34. The maximum Gasteiger partial charge on any atom is 0.133 e. The van der Waals surface area contributed by atoms with E-state index in [1.807, 2.05) is 0 Å². The van der Waals surface area contributed by atoms with Gasteiger partial charge in [0.15, 0.2) is 0 Å². The van der Waals surface area contributed by atoms with Crippen molar-refractivity contribution in [1.82, 2.24) is 9.78 Å². The summed E-state index contributed by atoms with van der Waals surface area (Å²) in [5, 5.41) is 14.8. The zero-order chi connectivity index (χ0) is 14.0. The van der Waals surface area contributed by atoms with Crippen molar-refractivity contribution < 1.29 is 14.2 Å². The molecule has 2 aromatic rings. The van der Waals surface area contributed by atoms with E-state index in [0.29, 0.717) is 11.4 Å². The van der Waals surface area contributed by atoms with Crippen molar-refractivity contribution in [2.24, 2.45) is 7.05 Å². The largest absolute Gasteiger partial charge is 0.496 e. The highest BCUT2D eigenvalue weighted by atomic mass is 19.1. The van der Waals surface area contributed by atoms with Gasteiger partial charge in [0.1, 0.15) is 11.6 Å². The fourth-order valence-electron chi connectivity index (χ4n) is 2.20. The first-order valence-electron chi connectivity index (χ1n) is 5.98. The van der Waals surface area contributed by atoms with Crippen molar-refractivity contribution in [3.05, 3.63) is 47.5 Å². The minimum atomic E-state index is -1.38. The number of benzene rings is 1. The molecule has 1 heterocycles. The van der Waals surface area contributed by atoms with E-state index in [2.05, 4.69) is 5.10 Å². The van der Waals surface area contributed by atoms with Crippen LogP contribution in [-0.2, 0) is 19.1 Å². The zero-order valence-electron chi connectivity index (χ0n) is 11.2. The standard InChI is InChI=1S/C14H17FN2O2/c1-14(18,9-10-7-8-17(2)16-10)13-11(15)5-4-6-12(13)19-3/h4-8,18H,9H2,1-3H3. The molecule has 1 unspecified atom stereocenters. The summed E-state index contributed by atoms with van der Waals surface area (Å²) in [6.07, 6.45) is 2.00. The monoisotopic (exact) mass is 264 g/mol. The van der Waals surface area contributed by atoms with Crippen LogP contribution in [0.3, 0.4) is 0 Å². The van der Waals surface area contributed by atoms with E-state index in [-0.39, 0.29) is 12.0 Å². The number of hydrogen-bond donors (Lipinski definition) is 1. The molecule has 5 heteroatoms. The van der Waals surface area contributed by atoms with Crippen LogP contribution in [0.4, 0.5) is 4.39 Å². The van der Waals surface area contributed by atoms with Crippen molar-refractivity contribution >= 4 is 0 Å². The molecule has 0 saturated heterocycles. The van der Waals surface area contributed by atoms with Gasteiger partial charge in [0, 0.05) is 19.7 Å². The Kier molecular flexibility index (Phi) is 3.57. The number of halogens is 1. The number of ether oxygens (including phenoxy) is 1. The quantitative estimate of drug-likeness (QED) is 0.919. The number of aryl methyl sites for hydroxylation is 1. The van der Waals surface area contributed by atoms with Crippen LogP contribution in [0.1, 0.15) is 18.2 Å². The third-order valence-electron chi connectivity index (χ3n) is 3.03. The Morgan fingerprint density at radius 2 is 2.16 bits per heavy atom. The normalized spacial score (nSPS) is 14.2. The summed E-state index contributed by atoms with van der Waals surface area (Å²) in [6, 6.07) is 6.28. The summed E-state index contributed by atoms with van der Waals surface area (Å²) in [5.74, 6) is -0.152. The van der Waals surface area contributed by atoms with Gasteiger partial charge in [0.25, 0.3) is 0 Å². The van der Waals surface area contributed by atoms with Gasteiger partial charge in [-0.25, -0.2) is 4.39 Å². The topological polar surface area (TPSA) is 47.3 Å². The lowest BCUT2D eigenvalue weighted by molar-refractivity contribution is 0.0499. The number of methoxy groups -OCH3 is 1. The van der Waals surface area contributed by atoms with Gasteiger partial charge in [-0.05, 0) is 25.1 Å². The fraction of sp³-hybridized carbons (Fsp3) is 0.357. The van der Waals surface area contributed by atoms with E-state index in [1.165, 1.54) is 13.2 Å². The maximum atomic E-state index is 14.0. The van der Waals surface area contributed by atoms with Crippen molar-refractivity contribution in [2.75, 3.05) is 7.11 Å². The molecule has 0 bridgehead atoms. The van der Waals surface area contributed by atoms with Crippen LogP contribution < -0.4 is 4.74 Å². The first-order chi connectivity index (χ1) is 8.94. The Morgan fingerprint density at radius 3 is 2.74 bits per heavy atom. The summed E-state index contributed by atoms with van der Waals surface area (Å²) >= 11 is 0. The molecule has 0 aliphatic carbocycles. The Labute approximate surface area is 111 Å². The average molecular weight is 264 g/mol. The van der Waals surface area contributed by atoms with E-state index in [4.69, 9.17) is 4.74 Å². The molecule has 0 fully saturated rings. The van der Waals surface area contributed by atoms with Crippen LogP contribution in [0.5, 0.6) is 5.75 Å².